The number of aliphatic hydroxyl groups excluding tert-OH is 1. The third-order valence-corrected chi connectivity index (χ3v) is 3.01. The first-order chi connectivity index (χ1) is 7.66. The Labute approximate surface area is 100 Å². The van der Waals surface area contributed by atoms with Gasteiger partial charge in [-0.3, -0.25) is 4.98 Å². The van der Waals surface area contributed by atoms with E-state index in [1.165, 1.54) is 0 Å². The van der Waals surface area contributed by atoms with E-state index in [1.807, 2.05) is 19.1 Å². The molecule has 16 heavy (non-hydrogen) atoms. The van der Waals surface area contributed by atoms with Crippen LogP contribution < -0.4 is 5.32 Å². The van der Waals surface area contributed by atoms with E-state index in [9.17, 15) is 5.11 Å². The first kappa shape index (κ1) is 11.3. The molecule has 1 aliphatic heterocycles. The molecule has 86 valence electrons. The minimum Gasteiger partial charge on any atom is -0.373 e. The van der Waals surface area contributed by atoms with Gasteiger partial charge in [0.15, 0.2) is 5.11 Å². The SMILES string of the molecule is CC1CC(O)N(Cc2ccncc2)C(=S)N1. The van der Waals surface area contributed by atoms with Crippen LogP contribution in [0.15, 0.2) is 24.5 Å². The molecule has 2 unspecified atom stereocenters. The van der Waals surface area contributed by atoms with Crippen LogP contribution in [0.2, 0.25) is 0 Å². The summed E-state index contributed by atoms with van der Waals surface area (Å²) in [5.74, 6) is 0. The van der Waals surface area contributed by atoms with Gasteiger partial charge in [0.2, 0.25) is 0 Å². The van der Waals surface area contributed by atoms with E-state index in [1.54, 1.807) is 17.3 Å². The van der Waals surface area contributed by atoms with Crippen LogP contribution >= 0.6 is 12.2 Å². The maximum Gasteiger partial charge on any atom is 0.171 e. The van der Waals surface area contributed by atoms with E-state index in [0.717, 1.165) is 5.56 Å². The number of hydrogen-bond acceptors (Lipinski definition) is 3. The van der Waals surface area contributed by atoms with Gasteiger partial charge < -0.3 is 15.3 Å². The summed E-state index contributed by atoms with van der Waals surface area (Å²) >= 11 is 5.22. The summed E-state index contributed by atoms with van der Waals surface area (Å²) in [6.45, 7) is 2.63. The molecule has 1 aromatic heterocycles. The van der Waals surface area contributed by atoms with E-state index in [-0.39, 0.29) is 6.04 Å². The number of thiocarbonyl (C=S) groups is 1. The van der Waals surface area contributed by atoms with Gasteiger partial charge in [0, 0.05) is 31.4 Å². The van der Waals surface area contributed by atoms with Crippen LogP contribution in [0, 0.1) is 0 Å². The van der Waals surface area contributed by atoms with Crippen LogP contribution in [0.1, 0.15) is 18.9 Å². The van der Waals surface area contributed by atoms with Crippen molar-refractivity contribution in [1.82, 2.24) is 15.2 Å². The van der Waals surface area contributed by atoms with Gasteiger partial charge in [0.1, 0.15) is 6.23 Å². The molecule has 0 bridgehead atoms. The Morgan fingerprint density at radius 1 is 1.56 bits per heavy atom. The zero-order valence-corrected chi connectivity index (χ0v) is 9.94. The van der Waals surface area contributed by atoms with Crippen molar-refractivity contribution in [2.24, 2.45) is 0 Å². The highest BCUT2D eigenvalue weighted by atomic mass is 32.1. The van der Waals surface area contributed by atoms with Crippen molar-refractivity contribution < 1.29 is 5.11 Å². The summed E-state index contributed by atoms with van der Waals surface area (Å²) in [6, 6.07) is 4.08. The molecule has 1 aliphatic rings. The van der Waals surface area contributed by atoms with Crippen LogP contribution in [0.4, 0.5) is 0 Å². The first-order valence-corrected chi connectivity index (χ1v) is 5.72. The second-order valence-electron chi connectivity index (χ2n) is 4.05. The monoisotopic (exact) mass is 237 g/mol. The molecule has 0 saturated carbocycles. The predicted molar refractivity (Wildman–Crippen MR) is 65.6 cm³/mol. The Balaban J connectivity index is 2.07. The molecule has 1 saturated heterocycles. The lowest BCUT2D eigenvalue weighted by atomic mass is 10.1. The van der Waals surface area contributed by atoms with Crippen LogP contribution in [-0.2, 0) is 6.54 Å². The summed E-state index contributed by atoms with van der Waals surface area (Å²) in [7, 11) is 0. The Hall–Kier alpha value is -1.20. The molecule has 0 aliphatic carbocycles. The topological polar surface area (TPSA) is 48.4 Å². The number of pyridine rings is 1. The summed E-state index contributed by atoms with van der Waals surface area (Å²) in [5, 5.41) is 13.7. The molecule has 0 spiro atoms. The fraction of sp³-hybridized carbons (Fsp3) is 0.455. The van der Waals surface area contributed by atoms with Crippen molar-refractivity contribution in [2.45, 2.75) is 32.2 Å². The molecule has 0 aromatic carbocycles. The summed E-state index contributed by atoms with van der Waals surface area (Å²) in [6.07, 6.45) is 3.66. The van der Waals surface area contributed by atoms with Crippen molar-refractivity contribution in [2.75, 3.05) is 0 Å². The standard InChI is InChI=1S/C11H15N3OS/c1-8-6-10(15)14(11(16)13-8)7-9-2-4-12-5-3-9/h2-5,8,10,15H,6-7H2,1H3,(H,13,16). The molecule has 0 amide bonds. The van der Waals surface area contributed by atoms with Crippen LogP contribution in [-0.4, -0.2) is 32.4 Å². The minimum absolute atomic E-state index is 0.233. The average Bonchev–Trinajstić information content (AvgIpc) is 2.25. The van der Waals surface area contributed by atoms with Crippen molar-refractivity contribution in [1.29, 1.82) is 0 Å². The molecule has 2 rings (SSSR count). The summed E-state index contributed by atoms with van der Waals surface area (Å²) < 4.78 is 0. The van der Waals surface area contributed by atoms with E-state index in [2.05, 4.69) is 10.3 Å². The second-order valence-corrected chi connectivity index (χ2v) is 4.44. The van der Waals surface area contributed by atoms with Crippen molar-refractivity contribution >= 4 is 17.3 Å². The third-order valence-electron chi connectivity index (χ3n) is 2.66. The Morgan fingerprint density at radius 3 is 2.88 bits per heavy atom. The normalized spacial score (nSPS) is 25.4. The highest BCUT2D eigenvalue weighted by molar-refractivity contribution is 7.80. The maximum atomic E-state index is 9.95. The summed E-state index contributed by atoms with van der Waals surface area (Å²) in [4.78, 5) is 5.76. The highest BCUT2D eigenvalue weighted by Crippen LogP contribution is 2.15. The van der Waals surface area contributed by atoms with E-state index in [0.29, 0.717) is 18.1 Å². The molecule has 4 nitrogen and oxygen atoms in total. The van der Waals surface area contributed by atoms with Crippen molar-refractivity contribution in [3.8, 4) is 0 Å². The van der Waals surface area contributed by atoms with Gasteiger partial charge in [0.05, 0.1) is 0 Å². The molecule has 2 N–H and O–H groups in total. The van der Waals surface area contributed by atoms with E-state index in [4.69, 9.17) is 12.2 Å². The first-order valence-electron chi connectivity index (χ1n) is 5.31. The highest BCUT2D eigenvalue weighted by Gasteiger charge is 2.27. The van der Waals surface area contributed by atoms with E-state index >= 15 is 0 Å². The molecular formula is C11H15N3OS. The third kappa shape index (κ3) is 2.48. The molecule has 1 aromatic rings. The molecule has 2 atom stereocenters. The average molecular weight is 237 g/mol. The number of nitrogens with one attached hydrogen (secondary N) is 1. The van der Waals surface area contributed by atoms with Crippen molar-refractivity contribution in [3.05, 3.63) is 30.1 Å². The molecular weight excluding hydrogens is 222 g/mol. The fourth-order valence-corrected chi connectivity index (χ4v) is 2.18. The number of aliphatic hydroxyl groups is 1. The van der Waals surface area contributed by atoms with Crippen molar-refractivity contribution in [3.63, 3.8) is 0 Å². The maximum absolute atomic E-state index is 9.95. The van der Waals surface area contributed by atoms with Gasteiger partial charge in [-0.05, 0) is 36.8 Å². The lowest BCUT2D eigenvalue weighted by Gasteiger charge is -2.38. The number of aromatic nitrogens is 1. The van der Waals surface area contributed by atoms with Gasteiger partial charge in [0.25, 0.3) is 0 Å². The minimum atomic E-state index is -0.503. The Bertz CT molecular complexity index is 371. The number of rotatable bonds is 2. The smallest absolute Gasteiger partial charge is 0.171 e. The zero-order chi connectivity index (χ0) is 11.5. The zero-order valence-electron chi connectivity index (χ0n) is 9.13. The van der Waals surface area contributed by atoms with Gasteiger partial charge >= 0.3 is 0 Å². The van der Waals surface area contributed by atoms with Crippen LogP contribution in [0.5, 0.6) is 0 Å². The second kappa shape index (κ2) is 4.76. The quantitative estimate of drug-likeness (QED) is 0.747. The Kier molecular flexibility index (Phi) is 3.36. The lowest BCUT2D eigenvalue weighted by molar-refractivity contribution is 0.0212. The number of hydrogen-bond donors (Lipinski definition) is 2. The predicted octanol–water partition coefficient (Wildman–Crippen LogP) is 0.869. The van der Waals surface area contributed by atoms with Crippen LogP contribution in [0.3, 0.4) is 0 Å². The largest absolute Gasteiger partial charge is 0.373 e. The fourth-order valence-electron chi connectivity index (χ4n) is 1.79. The summed E-state index contributed by atoms with van der Waals surface area (Å²) in [5.41, 5.74) is 1.09. The van der Waals surface area contributed by atoms with E-state index < -0.39 is 6.23 Å². The van der Waals surface area contributed by atoms with Crippen LogP contribution in [0.25, 0.3) is 0 Å². The van der Waals surface area contributed by atoms with Gasteiger partial charge in [-0.15, -0.1) is 0 Å². The lowest BCUT2D eigenvalue weighted by Crippen LogP contribution is -2.55. The Morgan fingerprint density at radius 2 is 2.25 bits per heavy atom. The van der Waals surface area contributed by atoms with Gasteiger partial charge in [-0.2, -0.15) is 0 Å². The molecule has 2 heterocycles. The van der Waals surface area contributed by atoms with Gasteiger partial charge in [-0.25, -0.2) is 0 Å². The van der Waals surface area contributed by atoms with Gasteiger partial charge in [-0.1, -0.05) is 0 Å². The number of nitrogens with zero attached hydrogens (tertiary/aromatic N) is 2. The molecule has 1 fully saturated rings. The molecule has 5 heteroatoms. The molecule has 0 radical (unpaired) electrons.